The number of para-hydroxylation sites is 1. The van der Waals surface area contributed by atoms with E-state index in [4.69, 9.17) is 0 Å². The first-order valence-corrected chi connectivity index (χ1v) is 6.52. The topological polar surface area (TPSA) is 33.2 Å². The number of hydrogen-bond donors (Lipinski definition) is 0. The number of pyridine rings is 1. The van der Waals surface area contributed by atoms with Gasteiger partial charge in [-0.2, -0.15) is 0 Å². The summed E-state index contributed by atoms with van der Waals surface area (Å²) in [4.78, 5) is 18.1. The summed E-state index contributed by atoms with van der Waals surface area (Å²) in [6.07, 6.45) is 1.61. The summed E-state index contributed by atoms with van der Waals surface area (Å²) in [5.74, 6) is -0.360. The van der Waals surface area contributed by atoms with Crippen LogP contribution in [0.2, 0.25) is 0 Å². The third-order valence-electron chi connectivity index (χ3n) is 3.81. The number of fused-ring (bicyclic) bond motifs is 2. The van der Waals surface area contributed by atoms with Gasteiger partial charge in [0.2, 0.25) is 0 Å². The summed E-state index contributed by atoms with van der Waals surface area (Å²) >= 11 is 0. The Morgan fingerprint density at radius 1 is 1.47 bits per heavy atom. The van der Waals surface area contributed by atoms with E-state index in [1.165, 1.54) is 6.07 Å². The molecule has 0 saturated heterocycles. The lowest BCUT2D eigenvalue weighted by Gasteiger charge is -2.28. The molecule has 0 amide bonds. The fourth-order valence-corrected chi connectivity index (χ4v) is 2.72. The van der Waals surface area contributed by atoms with Crippen LogP contribution in [0.15, 0.2) is 18.2 Å². The van der Waals surface area contributed by atoms with Crippen molar-refractivity contribution in [3.63, 3.8) is 0 Å². The predicted octanol–water partition coefficient (Wildman–Crippen LogP) is 2.56. The molecule has 0 spiro atoms. The highest BCUT2D eigenvalue weighted by atomic mass is 19.1. The summed E-state index contributed by atoms with van der Waals surface area (Å²) in [5, 5.41) is 0.617. The number of carbonyl (C=O) groups is 1. The molecule has 1 aromatic heterocycles. The molecule has 0 N–H and O–H groups in total. The van der Waals surface area contributed by atoms with Gasteiger partial charge in [-0.05, 0) is 18.2 Å². The lowest BCUT2D eigenvalue weighted by molar-refractivity contribution is 0.112. The summed E-state index contributed by atoms with van der Waals surface area (Å²) in [6.45, 7) is 4.67. The van der Waals surface area contributed by atoms with E-state index in [9.17, 15) is 9.18 Å². The number of aromatic nitrogens is 1. The van der Waals surface area contributed by atoms with Gasteiger partial charge in [0, 0.05) is 36.2 Å². The molecule has 19 heavy (non-hydrogen) atoms. The van der Waals surface area contributed by atoms with Crippen LogP contribution in [0.4, 0.5) is 4.39 Å². The molecule has 0 fully saturated rings. The third kappa shape index (κ3) is 1.92. The number of likely N-dealkylation sites (N-methyl/N-ethyl adjacent to an activating group) is 1. The van der Waals surface area contributed by atoms with Crippen molar-refractivity contribution < 1.29 is 9.18 Å². The molecule has 0 unspecified atom stereocenters. The van der Waals surface area contributed by atoms with Gasteiger partial charge >= 0.3 is 0 Å². The largest absolute Gasteiger partial charge is 0.299 e. The van der Waals surface area contributed by atoms with Crippen LogP contribution in [-0.4, -0.2) is 29.3 Å². The highest BCUT2D eigenvalue weighted by molar-refractivity contribution is 5.98. The van der Waals surface area contributed by atoms with Gasteiger partial charge in [0.05, 0.1) is 0 Å². The van der Waals surface area contributed by atoms with Gasteiger partial charge in [-0.3, -0.25) is 9.69 Å². The average molecular weight is 258 g/mol. The van der Waals surface area contributed by atoms with E-state index in [-0.39, 0.29) is 5.82 Å². The maximum Gasteiger partial charge on any atom is 0.151 e. The highest BCUT2D eigenvalue weighted by Gasteiger charge is 2.22. The van der Waals surface area contributed by atoms with Crippen molar-refractivity contribution in [3.8, 4) is 0 Å². The molecular formula is C15H15FN2O. The Labute approximate surface area is 111 Å². The van der Waals surface area contributed by atoms with Crippen LogP contribution in [0.5, 0.6) is 0 Å². The molecule has 3 nitrogen and oxygen atoms in total. The predicted molar refractivity (Wildman–Crippen MR) is 71.7 cm³/mol. The Kier molecular flexibility index (Phi) is 3.03. The lowest BCUT2D eigenvalue weighted by atomic mass is 9.96. The molecule has 1 aromatic carbocycles. The Bertz CT molecular complexity index is 654. The van der Waals surface area contributed by atoms with E-state index >= 15 is 0 Å². The Hall–Kier alpha value is -1.81. The van der Waals surface area contributed by atoms with Crippen LogP contribution in [0, 0.1) is 5.82 Å². The molecule has 2 aromatic rings. The fraction of sp³-hybridized carbons (Fsp3) is 0.333. The Balaban J connectivity index is 2.29. The van der Waals surface area contributed by atoms with Crippen LogP contribution in [-0.2, 0) is 13.0 Å². The van der Waals surface area contributed by atoms with Gasteiger partial charge < -0.3 is 0 Å². The molecule has 0 aliphatic carbocycles. The summed E-state index contributed by atoms with van der Waals surface area (Å²) in [6, 6.07) is 4.77. The molecule has 0 atom stereocenters. The second-order valence-corrected chi connectivity index (χ2v) is 4.82. The van der Waals surface area contributed by atoms with Crippen molar-refractivity contribution in [1.29, 1.82) is 0 Å². The van der Waals surface area contributed by atoms with Gasteiger partial charge in [0.1, 0.15) is 11.3 Å². The SMILES string of the molecule is CCN1CCc2nc3c(F)cccc3c(C=O)c2C1. The molecule has 3 rings (SSSR count). The second kappa shape index (κ2) is 4.70. The Morgan fingerprint density at radius 2 is 2.32 bits per heavy atom. The van der Waals surface area contributed by atoms with Crippen molar-refractivity contribution in [2.24, 2.45) is 0 Å². The van der Waals surface area contributed by atoms with E-state index in [0.29, 0.717) is 16.5 Å². The van der Waals surface area contributed by atoms with E-state index in [0.717, 1.165) is 43.6 Å². The van der Waals surface area contributed by atoms with Crippen molar-refractivity contribution in [3.05, 3.63) is 40.8 Å². The van der Waals surface area contributed by atoms with E-state index < -0.39 is 0 Å². The van der Waals surface area contributed by atoms with Crippen LogP contribution >= 0.6 is 0 Å². The minimum atomic E-state index is -0.360. The van der Waals surface area contributed by atoms with Crippen LogP contribution < -0.4 is 0 Å². The van der Waals surface area contributed by atoms with Crippen LogP contribution in [0.25, 0.3) is 10.9 Å². The molecule has 1 aliphatic heterocycles. The van der Waals surface area contributed by atoms with Crippen molar-refractivity contribution in [2.45, 2.75) is 19.9 Å². The first-order chi connectivity index (χ1) is 9.24. The monoisotopic (exact) mass is 258 g/mol. The molecule has 4 heteroatoms. The average Bonchev–Trinajstić information content (AvgIpc) is 2.45. The minimum Gasteiger partial charge on any atom is -0.299 e. The van der Waals surface area contributed by atoms with E-state index in [1.807, 2.05) is 0 Å². The van der Waals surface area contributed by atoms with E-state index in [2.05, 4.69) is 16.8 Å². The first kappa shape index (κ1) is 12.2. The fourth-order valence-electron chi connectivity index (χ4n) is 2.72. The molecule has 2 heterocycles. The first-order valence-electron chi connectivity index (χ1n) is 6.52. The smallest absolute Gasteiger partial charge is 0.151 e. The maximum atomic E-state index is 13.8. The summed E-state index contributed by atoms with van der Waals surface area (Å²) in [5.41, 5.74) is 2.73. The number of benzene rings is 1. The van der Waals surface area contributed by atoms with Gasteiger partial charge in [0.15, 0.2) is 6.29 Å². The number of hydrogen-bond acceptors (Lipinski definition) is 3. The number of halogens is 1. The number of nitrogens with zero attached hydrogens (tertiary/aromatic N) is 2. The Morgan fingerprint density at radius 3 is 3.05 bits per heavy atom. The maximum absolute atomic E-state index is 13.8. The number of aldehydes is 1. The van der Waals surface area contributed by atoms with Crippen molar-refractivity contribution in [1.82, 2.24) is 9.88 Å². The van der Waals surface area contributed by atoms with Crippen LogP contribution in [0.1, 0.15) is 28.5 Å². The quantitative estimate of drug-likeness (QED) is 0.776. The zero-order valence-electron chi connectivity index (χ0n) is 10.8. The van der Waals surface area contributed by atoms with Gasteiger partial charge in [-0.25, -0.2) is 9.37 Å². The van der Waals surface area contributed by atoms with Gasteiger partial charge in [-0.1, -0.05) is 19.1 Å². The zero-order chi connectivity index (χ0) is 13.4. The third-order valence-corrected chi connectivity index (χ3v) is 3.81. The lowest BCUT2D eigenvalue weighted by Crippen LogP contribution is -2.31. The molecule has 0 bridgehead atoms. The number of rotatable bonds is 2. The van der Waals surface area contributed by atoms with E-state index in [1.54, 1.807) is 12.1 Å². The molecule has 98 valence electrons. The zero-order valence-corrected chi connectivity index (χ0v) is 10.8. The van der Waals surface area contributed by atoms with Crippen LogP contribution in [0.3, 0.4) is 0 Å². The number of carbonyl (C=O) groups excluding carboxylic acids is 1. The second-order valence-electron chi connectivity index (χ2n) is 4.82. The van der Waals surface area contributed by atoms with Gasteiger partial charge in [-0.15, -0.1) is 0 Å². The molecule has 1 aliphatic rings. The standard InChI is InChI=1S/C15H15FN2O/c1-2-18-7-6-14-11(8-18)12(9-19)10-4-3-5-13(16)15(10)17-14/h3-5,9H,2,6-8H2,1H3. The summed E-state index contributed by atoms with van der Waals surface area (Å²) < 4.78 is 13.8. The molecule has 0 saturated carbocycles. The van der Waals surface area contributed by atoms with Crippen molar-refractivity contribution in [2.75, 3.05) is 13.1 Å². The molecule has 0 radical (unpaired) electrons. The minimum absolute atomic E-state index is 0.313. The highest BCUT2D eigenvalue weighted by Crippen LogP contribution is 2.27. The normalized spacial score (nSPS) is 15.5. The molecular weight excluding hydrogens is 243 g/mol. The van der Waals surface area contributed by atoms with Gasteiger partial charge in [0.25, 0.3) is 0 Å². The van der Waals surface area contributed by atoms with Crippen molar-refractivity contribution >= 4 is 17.2 Å². The summed E-state index contributed by atoms with van der Waals surface area (Å²) in [7, 11) is 0.